The minimum absolute atomic E-state index is 0.192. The molecule has 33 heavy (non-hydrogen) atoms. The molecule has 3 aromatic rings. The van der Waals surface area contributed by atoms with Gasteiger partial charge < -0.3 is 4.90 Å². The summed E-state index contributed by atoms with van der Waals surface area (Å²) < 4.78 is 0. The van der Waals surface area contributed by atoms with Crippen LogP contribution < -0.4 is 4.90 Å². The smallest absolute Gasteiger partial charge is 0.162 e. The molecule has 0 aliphatic rings. The van der Waals surface area contributed by atoms with Crippen LogP contribution in [0.5, 0.6) is 0 Å². The number of nitrogens with zero attached hydrogens (tertiary/aromatic N) is 1. The standard InChI is InChI=1S/C30H35NO2/c1-4-7-9-29(32)24-13-19-27(20-14-24)31(26-17-11-23(6-3)12-18-26)28-21-15-25(16-22-28)30(33)10-8-5-2/h11-22H,4-10H2,1-3H3. The number of hydrogen-bond donors (Lipinski definition) is 0. The summed E-state index contributed by atoms with van der Waals surface area (Å²) in [5, 5.41) is 0. The Kier molecular flexibility index (Phi) is 9.00. The normalized spacial score (nSPS) is 10.8. The Morgan fingerprint density at radius 2 is 0.939 bits per heavy atom. The van der Waals surface area contributed by atoms with Crippen LogP contribution in [0, 0.1) is 0 Å². The number of rotatable bonds is 12. The van der Waals surface area contributed by atoms with Crippen molar-refractivity contribution in [1.29, 1.82) is 0 Å². The van der Waals surface area contributed by atoms with Crippen molar-refractivity contribution in [3.63, 3.8) is 0 Å². The minimum atomic E-state index is 0.192. The fourth-order valence-corrected chi connectivity index (χ4v) is 3.88. The van der Waals surface area contributed by atoms with Gasteiger partial charge in [-0.25, -0.2) is 0 Å². The summed E-state index contributed by atoms with van der Waals surface area (Å²) in [5.74, 6) is 0.384. The van der Waals surface area contributed by atoms with E-state index >= 15 is 0 Å². The van der Waals surface area contributed by atoms with Crippen LogP contribution in [0.15, 0.2) is 72.8 Å². The summed E-state index contributed by atoms with van der Waals surface area (Å²) in [5.41, 5.74) is 5.80. The number of Topliss-reactive ketones (excluding diaryl/α,β-unsaturated/α-hetero) is 2. The van der Waals surface area contributed by atoms with Gasteiger partial charge in [0.1, 0.15) is 0 Å². The number of carbonyl (C=O) groups is 2. The number of carbonyl (C=O) groups excluding carboxylic acids is 2. The monoisotopic (exact) mass is 441 g/mol. The van der Waals surface area contributed by atoms with E-state index in [-0.39, 0.29) is 11.6 Å². The molecular formula is C30H35NO2. The largest absolute Gasteiger partial charge is 0.311 e. The molecule has 0 N–H and O–H groups in total. The maximum Gasteiger partial charge on any atom is 0.162 e. The van der Waals surface area contributed by atoms with Gasteiger partial charge in [-0.15, -0.1) is 0 Å². The van der Waals surface area contributed by atoms with Crippen LogP contribution >= 0.6 is 0 Å². The lowest BCUT2D eigenvalue weighted by molar-refractivity contribution is 0.0972. The zero-order chi connectivity index (χ0) is 23.6. The third-order valence-electron chi connectivity index (χ3n) is 6.01. The molecule has 0 unspecified atom stereocenters. The Balaban J connectivity index is 1.93. The van der Waals surface area contributed by atoms with E-state index in [0.29, 0.717) is 12.8 Å². The Morgan fingerprint density at radius 1 is 0.576 bits per heavy atom. The number of aryl methyl sites for hydroxylation is 1. The van der Waals surface area contributed by atoms with Crippen LogP contribution in [0.1, 0.15) is 85.6 Å². The van der Waals surface area contributed by atoms with Gasteiger partial charge in [0, 0.05) is 41.0 Å². The molecule has 0 aliphatic carbocycles. The van der Waals surface area contributed by atoms with Crippen LogP contribution in [-0.4, -0.2) is 11.6 Å². The summed E-state index contributed by atoms with van der Waals surface area (Å²) in [4.78, 5) is 27.0. The molecule has 3 nitrogen and oxygen atoms in total. The van der Waals surface area contributed by atoms with Gasteiger partial charge in [0.05, 0.1) is 0 Å². The first-order chi connectivity index (χ1) is 16.1. The lowest BCUT2D eigenvalue weighted by Gasteiger charge is -2.26. The fraction of sp³-hybridized carbons (Fsp3) is 0.333. The highest BCUT2D eigenvalue weighted by atomic mass is 16.1. The van der Waals surface area contributed by atoms with E-state index in [1.807, 2.05) is 48.5 Å². The van der Waals surface area contributed by atoms with Gasteiger partial charge in [0.15, 0.2) is 11.6 Å². The van der Waals surface area contributed by atoms with Crippen molar-refractivity contribution in [1.82, 2.24) is 0 Å². The molecule has 0 heterocycles. The number of unbranched alkanes of at least 4 members (excludes halogenated alkanes) is 2. The van der Waals surface area contributed by atoms with Crippen LogP contribution in [0.4, 0.5) is 17.1 Å². The van der Waals surface area contributed by atoms with Gasteiger partial charge in [-0.1, -0.05) is 45.7 Å². The maximum absolute atomic E-state index is 12.4. The molecule has 0 fully saturated rings. The van der Waals surface area contributed by atoms with E-state index in [9.17, 15) is 9.59 Å². The predicted octanol–water partition coefficient (Wildman–Crippen LogP) is 8.46. The number of anilines is 3. The van der Waals surface area contributed by atoms with Crippen LogP contribution in [0.25, 0.3) is 0 Å². The van der Waals surface area contributed by atoms with Crippen molar-refractivity contribution >= 4 is 28.6 Å². The van der Waals surface area contributed by atoms with E-state index < -0.39 is 0 Å². The molecule has 0 saturated heterocycles. The Labute approximate surface area is 198 Å². The minimum Gasteiger partial charge on any atom is -0.311 e. The Morgan fingerprint density at radius 3 is 1.27 bits per heavy atom. The van der Waals surface area contributed by atoms with Crippen LogP contribution in [0.3, 0.4) is 0 Å². The molecule has 0 atom stereocenters. The Bertz CT molecular complexity index is 971. The second-order valence-electron chi connectivity index (χ2n) is 8.50. The van der Waals surface area contributed by atoms with E-state index in [2.05, 4.69) is 49.9 Å². The van der Waals surface area contributed by atoms with Crippen molar-refractivity contribution in [3.8, 4) is 0 Å². The average Bonchev–Trinajstić information content (AvgIpc) is 2.87. The third kappa shape index (κ3) is 6.41. The number of hydrogen-bond acceptors (Lipinski definition) is 3. The number of benzene rings is 3. The van der Waals surface area contributed by atoms with E-state index in [4.69, 9.17) is 0 Å². The second kappa shape index (κ2) is 12.2. The van der Waals surface area contributed by atoms with Crippen molar-refractivity contribution in [3.05, 3.63) is 89.5 Å². The molecule has 0 bridgehead atoms. The van der Waals surface area contributed by atoms with E-state index in [1.165, 1.54) is 5.56 Å². The molecule has 172 valence electrons. The molecule has 3 rings (SSSR count). The summed E-state index contributed by atoms with van der Waals surface area (Å²) in [7, 11) is 0. The highest BCUT2D eigenvalue weighted by Crippen LogP contribution is 2.35. The molecule has 3 aromatic carbocycles. The highest BCUT2D eigenvalue weighted by molar-refractivity contribution is 5.97. The van der Waals surface area contributed by atoms with Gasteiger partial charge in [0.2, 0.25) is 0 Å². The van der Waals surface area contributed by atoms with Gasteiger partial charge in [-0.2, -0.15) is 0 Å². The van der Waals surface area contributed by atoms with E-state index in [0.717, 1.165) is 60.3 Å². The quantitative estimate of drug-likeness (QED) is 0.265. The first-order valence-electron chi connectivity index (χ1n) is 12.2. The first kappa shape index (κ1) is 24.4. The fourth-order valence-electron chi connectivity index (χ4n) is 3.88. The predicted molar refractivity (Wildman–Crippen MR) is 138 cm³/mol. The lowest BCUT2D eigenvalue weighted by atomic mass is 10.0. The molecule has 3 heteroatoms. The second-order valence-corrected chi connectivity index (χ2v) is 8.50. The first-order valence-corrected chi connectivity index (χ1v) is 12.2. The SMILES string of the molecule is CCCCC(=O)c1ccc(N(c2ccc(CC)cc2)c2ccc(C(=O)CCCC)cc2)cc1. The zero-order valence-corrected chi connectivity index (χ0v) is 20.1. The summed E-state index contributed by atoms with van der Waals surface area (Å²) in [6.45, 7) is 6.34. The highest BCUT2D eigenvalue weighted by Gasteiger charge is 2.15. The summed E-state index contributed by atoms with van der Waals surface area (Å²) in [6, 6.07) is 24.3. The topological polar surface area (TPSA) is 37.4 Å². The van der Waals surface area contributed by atoms with Crippen LogP contribution in [0.2, 0.25) is 0 Å². The molecule has 0 spiro atoms. The molecule has 0 aliphatic heterocycles. The molecule has 0 radical (unpaired) electrons. The molecule has 0 saturated carbocycles. The van der Waals surface area contributed by atoms with Gasteiger partial charge in [-0.3, -0.25) is 9.59 Å². The molecular weight excluding hydrogens is 406 g/mol. The zero-order valence-electron chi connectivity index (χ0n) is 20.1. The van der Waals surface area contributed by atoms with Crippen molar-refractivity contribution in [2.24, 2.45) is 0 Å². The average molecular weight is 442 g/mol. The van der Waals surface area contributed by atoms with Crippen molar-refractivity contribution in [2.45, 2.75) is 65.7 Å². The lowest BCUT2D eigenvalue weighted by Crippen LogP contribution is -2.11. The Hall–Kier alpha value is -3.20. The maximum atomic E-state index is 12.4. The van der Waals surface area contributed by atoms with Crippen molar-refractivity contribution < 1.29 is 9.59 Å². The van der Waals surface area contributed by atoms with Gasteiger partial charge >= 0.3 is 0 Å². The third-order valence-corrected chi connectivity index (χ3v) is 6.01. The number of ketones is 2. The van der Waals surface area contributed by atoms with E-state index in [1.54, 1.807) is 0 Å². The van der Waals surface area contributed by atoms with Gasteiger partial charge in [-0.05, 0) is 85.5 Å². The molecule has 0 aromatic heterocycles. The van der Waals surface area contributed by atoms with Crippen molar-refractivity contribution in [2.75, 3.05) is 4.90 Å². The molecule has 0 amide bonds. The summed E-state index contributed by atoms with van der Waals surface area (Å²) in [6.07, 6.45) is 6.03. The van der Waals surface area contributed by atoms with Crippen LogP contribution in [-0.2, 0) is 6.42 Å². The summed E-state index contributed by atoms with van der Waals surface area (Å²) >= 11 is 0. The van der Waals surface area contributed by atoms with Gasteiger partial charge in [0.25, 0.3) is 0 Å².